The molecule has 0 saturated carbocycles. The quantitative estimate of drug-likeness (QED) is 0.628. The van der Waals surface area contributed by atoms with Gasteiger partial charge in [-0.25, -0.2) is 0 Å². The summed E-state index contributed by atoms with van der Waals surface area (Å²) in [5.41, 5.74) is 5.63. The Morgan fingerprint density at radius 2 is 2.00 bits per heavy atom. The molecule has 1 saturated heterocycles. The summed E-state index contributed by atoms with van der Waals surface area (Å²) in [5, 5.41) is 10.2. The maximum absolute atomic E-state index is 12.5. The highest BCUT2D eigenvalue weighted by Gasteiger charge is 2.24. The van der Waals surface area contributed by atoms with Crippen LogP contribution in [-0.4, -0.2) is 34.1 Å². The fourth-order valence-corrected chi connectivity index (χ4v) is 4.06. The van der Waals surface area contributed by atoms with E-state index in [4.69, 9.17) is 4.52 Å². The van der Waals surface area contributed by atoms with Gasteiger partial charge >= 0.3 is 0 Å². The van der Waals surface area contributed by atoms with Gasteiger partial charge in [0.25, 0.3) is 11.7 Å². The highest BCUT2D eigenvalue weighted by Crippen LogP contribution is 2.34. The Morgan fingerprint density at radius 3 is 2.69 bits per heavy atom. The lowest BCUT2D eigenvalue weighted by Crippen LogP contribution is -2.27. The first kappa shape index (κ1) is 22.1. The maximum atomic E-state index is 12.5. The summed E-state index contributed by atoms with van der Waals surface area (Å²) in [6.07, 6.45) is 6.15. The van der Waals surface area contributed by atoms with E-state index in [1.807, 2.05) is 33.2 Å². The molecule has 1 aliphatic rings. The number of carbonyl (C=O) groups excluding carboxylic acids is 1. The van der Waals surface area contributed by atoms with Gasteiger partial charge in [-0.05, 0) is 72.7 Å². The molecule has 0 atom stereocenters. The van der Waals surface area contributed by atoms with Crippen molar-refractivity contribution in [2.75, 3.05) is 13.1 Å². The molecule has 7 nitrogen and oxygen atoms in total. The normalized spacial score (nSPS) is 15.0. The van der Waals surface area contributed by atoms with Gasteiger partial charge in [0, 0.05) is 24.4 Å². The van der Waals surface area contributed by atoms with Gasteiger partial charge < -0.3 is 15.2 Å². The van der Waals surface area contributed by atoms with Gasteiger partial charge in [-0.2, -0.15) is 4.98 Å². The van der Waals surface area contributed by atoms with Crippen LogP contribution in [0.25, 0.3) is 11.1 Å². The van der Waals surface area contributed by atoms with Crippen LogP contribution < -0.4 is 10.6 Å². The molecule has 1 amide bonds. The van der Waals surface area contributed by atoms with E-state index in [0.29, 0.717) is 18.4 Å². The Kier molecular flexibility index (Phi) is 6.37. The van der Waals surface area contributed by atoms with E-state index in [2.05, 4.69) is 56.9 Å². The Labute approximate surface area is 189 Å². The van der Waals surface area contributed by atoms with Crippen molar-refractivity contribution >= 4 is 5.91 Å². The summed E-state index contributed by atoms with van der Waals surface area (Å²) >= 11 is 0. The number of nitrogens with zero attached hydrogens (tertiary/aromatic N) is 3. The molecule has 0 radical (unpaired) electrons. The molecule has 2 aromatic heterocycles. The van der Waals surface area contributed by atoms with Crippen molar-refractivity contribution in [3.63, 3.8) is 0 Å². The fourth-order valence-electron chi connectivity index (χ4n) is 4.06. The molecule has 0 unspecified atom stereocenters. The average Bonchev–Trinajstić information content (AvgIpc) is 3.30. The molecule has 3 heterocycles. The summed E-state index contributed by atoms with van der Waals surface area (Å²) in [4.78, 5) is 21.1. The number of nitrogens with one attached hydrogen (secondary N) is 2. The lowest BCUT2D eigenvalue weighted by atomic mass is 9.86. The second-order valence-corrected chi connectivity index (χ2v) is 9.48. The first-order valence-electron chi connectivity index (χ1n) is 11.2. The SMILES string of the molecule is Cc1cc(-c2ccncc2C2CCNCC2)ccc1CNC(=O)c1noc(C(C)(C)C)n1. The summed E-state index contributed by atoms with van der Waals surface area (Å²) in [6, 6.07) is 8.50. The Bertz CT molecular complexity index is 1090. The van der Waals surface area contributed by atoms with Gasteiger partial charge in [0.15, 0.2) is 0 Å². The number of hydrogen-bond acceptors (Lipinski definition) is 6. The highest BCUT2D eigenvalue weighted by atomic mass is 16.5. The van der Waals surface area contributed by atoms with Gasteiger partial charge in [0.2, 0.25) is 5.89 Å². The van der Waals surface area contributed by atoms with E-state index in [9.17, 15) is 4.79 Å². The zero-order valence-corrected chi connectivity index (χ0v) is 19.2. The van der Waals surface area contributed by atoms with Crippen molar-refractivity contribution in [3.8, 4) is 11.1 Å². The van der Waals surface area contributed by atoms with Crippen LogP contribution in [0.2, 0.25) is 0 Å². The maximum Gasteiger partial charge on any atom is 0.292 e. The zero-order valence-electron chi connectivity index (χ0n) is 19.2. The molecular weight excluding hydrogens is 402 g/mol. The second-order valence-electron chi connectivity index (χ2n) is 9.48. The molecule has 0 spiro atoms. The molecule has 32 heavy (non-hydrogen) atoms. The molecule has 1 fully saturated rings. The van der Waals surface area contributed by atoms with Crippen LogP contribution in [0.4, 0.5) is 0 Å². The van der Waals surface area contributed by atoms with Crippen molar-refractivity contribution in [1.82, 2.24) is 25.8 Å². The molecule has 1 aromatic carbocycles. The van der Waals surface area contributed by atoms with Gasteiger partial charge in [-0.1, -0.05) is 44.1 Å². The van der Waals surface area contributed by atoms with Gasteiger partial charge in [-0.3, -0.25) is 9.78 Å². The van der Waals surface area contributed by atoms with Crippen LogP contribution in [-0.2, 0) is 12.0 Å². The molecular formula is C25H31N5O2. The number of amides is 1. The monoisotopic (exact) mass is 433 g/mol. The van der Waals surface area contributed by atoms with Crippen molar-refractivity contribution in [2.45, 2.75) is 58.4 Å². The number of benzene rings is 1. The minimum atomic E-state index is -0.338. The molecule has 0 bridgehead atoms. The van der Waals surface area contributed by atoms with Crippen molar-refractivity contribution in [2.24, 2.45) is 0 Å². The predicted molar refractivity (Wildman–Crippen MR) is 123 cm³/mol. The molecule has 4 rings (SSSR count). The first-order valence-corrected chi connectivity index (χ1v) is 11.2. The second kappa shape index (κ2) is 9.20. The van der Waals surface area contributed by atoms with Crippen LogP contribution in [0.5, 0.6) is 0 Å². The Hall–Kier alpha value is -3.06. The molecule has 0 aliphatic carbocycles. The first-order chi connectivity index (χ1) is 15.3. The van der Waals surface area contributed by atoms with Crippen LogP contribution in [0.3, 0.4) is 0 Å². The third-order valence-corrected chi connectivity index (χ3v) is 5.99. The number of piperidine rings is 1. The van der Waals surface area contributed by atoms with Crippen LogP contribution >= 0.6 is 0 Å². The summed E-state index contributed by atoms with van der Waals surface area (Å²) in [7, 11) is 0. The van der Waals surface area contributed by atoms with E-state index in [1.54, 1.807) is 0 Å². The van der Waals surface area contributed by atoms with Crippen molar-refractivity contribution in [1.29, 1.82) is 0 Å². The predicted octanol–water partition coefficient (Wildman–Crippen LogP) is 4.13. The lowest BCUT2D eigenvalue weighted by Gasteiger charge is -2.25. The van der Waals surface area contributed by atoms with Gasteiger partial charge in [0.1, 0.15) is 0 Å². The molecule has 2 N–H and O–H groups in total. The third-order valence-electron chi connectivity index (χ3n) is 5.99. The summed E-state index contributed by atoms with van der Waals surface area (Å²) in [6.45, 7) is 10.5. The zero-order chi connectivity index (χ0) is 22.7. The Morgan fingerprint density at radius 1 is 1.22 bits per heavy atom. The van der Waals surface area contributed by atoms with E-state index < -0.39 is 0 Å². The number of hydrogen-bond donors (Lipinski definition) is 2. The van der Waals surface area contributed by atoms with E-state index in [1.165, 1.54) is 16.7 Å². The largest absolute Gasteiger partial charge is 0.345 e. The van der Waals surface area contributed by atoms with Crippen molar-refractivity contribution in [3.05, 3.63) is 65.1 Å². The average molecular weight is 434 g/mol. The number of pyridine rings is 1. The van der Waals surface area contributed by atoms with Crippen LogP contribution in [0.1, 0.15) is 72.7 Å². The topological polar surface area (TPSA) is 92.9 Å². The van der Waals surface area contributed by atoms with Crippen LogP contribution in [0.15, 0.2) is 41.2 Å². The minimum Gasteiger partial charge on any atom is -0.345 e. The van der Waals surface area contributed by atoms with Gasteiger partial charge in [-0.15, -0.1) is 0 Å². The van der Waals surface area contributed by atoms with E-state index in [-0.39, 0.29) is 17.1 Å². The molecule has 1 aliphatic heterocycles. The molecule has 7 heteroatoms. The van der Waals surface area contributed by atoms with E-state index in [0.717, 1.165) is 37.1 Å². The number of rotatable bonds is 5. The Balaban J connectivity index is 1.47. The number of aromatic nitrogens is 3. The van der Waals surface area contributed by atoms with Crippen molar-refractivity contribution < 1.29 is 9.32 Å². The van der Waals surface area contributed by atoms with E-state index >= 15 is 0 Å². The fraction of sp³-hybridized carbons (Fsp3) is 0.440. The third kappa shape index (κ3) is 4.88. The lowest BCUT2D eigenvalue weighted by molar-refractivity contribution is 0.0937. The summed E-state index contributed by atoms with van der Waals surface area (Å²) in [5.74, 6) is 0.708. The highest BCUT2D eigenvalue weighted by molar-refractivity contribution is 5.90. The summed E-state index contributed by atoms with van der Waals surface area (Å²) < 4.78 is 5.22. The van der Waals surface area contributed by atoms with Gasteiger partial charge in [0.05, 0.1) is 0 Å². The number of aryl methyl sites for hydroxylation is 1. The molecule has 168 valence electrons. The van der Waals surface area contributed by atoms with Crippen LogP contribution in [0, 0.1) is 6.92 Å². The number of carbonyl (C=O) groups is 1. The smallest absolute Gasteiger partial charge is 0.292 e. The standard InChI is InChI=1S/C25H31N5O2/c1-16-13-18(20-9-12-27-15-21(20)17-7-10-26-11-8-17)5-6-19(16)14-28-23(31)22-29-24(32-30-22)25(2,3)4/h5-6,9,12-13,15,17,26H,7-8,10-11,14H2,1-4H3,(H,28,31). The molecule has 3 aromatic rings. The minimum absolute atomic E-state index is 0.0626.